The Hall–Kier alpha value is -0.240. The van der Waals surface area contributed by atoms with Gasteiger partial charge in [-0.2, -0.15) is 12.6 Å². The molecule has 0 saturated carbocycles. The lowest BCUT2D eigenvalue weighted by Crippen LogP contribution is -2.41. The minimum atomic E-state index is -0.926. The quantitative estimate of drug-likeness (QED) is 0.198. The molecule has 0 aliphatic carbocycles. The highest BCUT2D eigenvalue weighted by molar-refractivity contribution is 7.80. The van der Waals surface area contributed by atoms with Gasteiger partial charge in [-0.1, -0.05) is 0 Å². The molecule has 0 saturated heterocycles. The third-order valence-corrected chi connectivity index (χ3v) is 1.96. The number of thiol groups is 1. The number of alkyl halides is 1. The van der Waals surface area contributed by atoms with E-state index in [1.165, 1.54) is 0 Å². The van der Waals surface area contributed by atoms with Crippen LogP contribution in [0.3, 0.4) is 0 Å². The molecule has 0 aliphatic rings. The lowest BCUT2D eigenvalue weighted by atomic mass is 10.2. The predicted octanol–water partition coefficient (Wildman–Crippen LogP) is 0.729. The van der Waals surface area contributed by atoms with Gasteiger partial charge in [-0.3, -0.25) is 10.2 Å². The van der Waals surface area contributed by atoms with Crippen LogP contribution in [0.2, 0.25) is 0 Å². The van der Waals surface area contributed by atoms with Gasteiger partial charge in [-0.25, -0.2) is 4.39 Å². The number of rotatable bonds is 8. The maximum atomic E-state index is 11.8. The molecule has 0 heterocycles. The fourth-order valence-corrected chi connectivity index (χ4v) is 1.21. The third kappa shape index (κ3) is 12.0. The minimum Gasteiger partial charge on any atom is -0.480 e. The van der Waals surface area contributed by atoms with E-state index in [-0.39, 0.29) is 30.6 Å². The van der Waals surface area contributed by atoms with E-state index >= 15 is 0 Å². The van der Waals surface area contributed by atoms with E-state index in [0.717, 1.165) is 0 Å². The second-order valence-corrected chi connectivity index (χ2v) is 3.34. The molecule has 5 nitrogen and oxygen atoms in total. The Morgan fingerprint density at radius 3 is 2.41 bits per heavy atom. The number of amidine groups is 1. The number of halogens is 3. The van der Waals surface area contributed by atoms with Gasteiger partial charge in [-0.15, -0.1) is 24.8 Å². The van der Waals surface area contributed by atoms with Crippen molar-refractivity contribution in [1.29, 1.82) is 5.41 Å². The van der Waals surface area contributed by atoms with Gasteiger partial charge in [0.05, 0.1) is 0 Å². The molecule has 1 unspecified atom stereocenters. The highest BCUT2D eigenvalue weighted by Gasteiger charge is 2.14. The SMILES string of the molecule is Cl.Cl.N=C(CF)NCCNC(CCS)C(=O)O. The van der Waals surface area contributed by atoms with E-state index in [0.29, 0.717) is 25.3 Å². The number of carboxylic acids is 1. The van der Waals surface area contributed by atoms with E-state index in [2.05, 4.69) is 23.3 Å². The van der Waals surface area contributed by atoms with E-state index in [1.807, 2.05) is 0 Å². The first-order valence-corrected chi connectivity index (χ1v) is 5.19. The van der Waals surface area contributed by atoms with Gasteiger partial charge in [0.1, 0.15) is 18.6 Å². The summed E-state index contributed by atoms with van der Waals surface area (Å²) in [6.45, 7) is -0.134. The molecule has 1 atom stereocenters. The molecular formula is C8H18Cl2FN3O2S. The number of hydrogen-bond donors (Lipinski definition) is 5. The Morgan fingerprint density at radius 2 is 2.00 bits per heavy atom. The summed E-state index contributed by atoms with van der Waals surface area (Å²) < 4.78 is 11.8. The van der Waals surface area contributed by atoms with Crippen molar-refractivity contribution in [2.45, 2.75) is 12.5 Å². The Labute approximate surface area is 118 Å². The summed E-state index contributed by atoms with van der Waals surface area (Å²) in [5, 5.41) is 21.0. The molecule has 17 heavy (non-hydrogen) atoms. The van der Waals surface area contributed by atoms with Crippen LogP contribution < -0.4 is 10.6 Å². The second-order valence-electron chi connectivity index (χ2n) is 2.90. The van der Waals surface area contributed by atoms with Crippen LogP contribution in [0.1, 0.15) is 6.42 Å². The highest BCUT2D eigenvalue weighted by Crippen LogP contribution is 1.93. The topological polar surface area (TPSA) is 85.2 Å². The van der Waals surface area contributed by atoms with Gasteiger partial charge in [0.25, 0.3) is 0 Å². The Bertz CT molecular complexity index is 225. The fraction of sp³-hybridized carbons (Fsp3) is 0.750. The number of aliphatic carboxylic acids is 1. The van der Waals surface area contributed by atoms with Gasteiger partial charge < -0.3 is 15.7 Å². The molecule has 0 aromatic heterocycles. The van der Waals surface area contributed by atoms with Gasteiger partial charge in [0, 0.05) is 13.1 Å². The van der Waals surface area contributed by atoms with Crippen LogP contribution in [-0.2, 0) is 4.79 Å². The molecule has 104 valence electrons. The van der Waals surface area contributed by atoms with Gasteiger partial charge in [-0.05, 0) is 12.2 Å². The molecule has 0 bridgehead atoms. The molecule has 0 spiro atoms. The molecule has 0 amide bonds. The summed E-state index contributed by atoms with van der Waals surface area (Å²) in [4.78, 5) is 10.7. The van der Waals surface area contributed by atoms with E-state index in [1.54, 1.807) is 0 Å². The van der Waals surface area contributed by atoms with Crippen molar-refractivity contribution < 1.29 is 14.3 Å². The zero-order valence-electron chi connectivity index (χ0n) is 9.11. The van der Waals surface area contributed by atoms with Crippen molar-refractivity contribution in [2.75, 3.05) is 25.5 Å². The first-order chi connectivity index (χ1) is 7.11. The zero-order chi connectivity index (χ0) is 11.7. The maximum absolute atomic E-state index is 11.8. The summed E-state index contributed by atoms with van der Waals surface area (Å²) in [5.41, 5.74) is 0. The molecule has 0 rings (SSSR count). The molecule has 9 heteroatoms. The van der Waals surface area contributed by atoms with Crippen molar-refractivity contribution in [2.24, 2.45) is 0 Å². The molecule has 4 N–H and O–H groups in total. The Morgan fingerprint density at radius 1 is 1.41 bits per heavy atom. The molecule has 0 aromatic carbocycles. The average Bonchev–Trinajstić information content (AvgIpc) is 2.21. The summed E-state index contributed by atoms with van der Waals surface area (Å²) in [7, 11) is 0. The van der Waals surface area contributed by atoms with Gasteiger partial charge in [0.15, 0.2) is 0 Å². The van der Waals surface area contributed by atoms with Crippen LogP contribution >= 0.6 is 37.4 Å². The van der Waals surface area contributed by atoms with Gasteiger partial charge in [0.2, 0.25) is 0 Å². The van der Waals surface area contributed by atoms with Crippen molar-refractivity contribution in [3.63, 3.8) is 0 Å². The summed E-state index contributed by atoms with van der Waals surface area (Å²) >= 11 is 3.94. The Balaban J connectivity index is -0.000000980. The van der Waals surface area contributed by atoms with Crippen LogP contribution in [0.4, 0.5) is 4.39 Å². The lowest BCUT2D eigenvalue weighted by Gasteiger charge is -2.13. The van der Waals surface area contributed by atoms with E-state index in [4.69, 9.17) is 10.5 Å². The normalized spacial score (nSPS) is 10.7. The standard InChI is InChI=1S/C8H16FN3O2S.2ClH/c9-5-7(10)12-3-2-11-6(1-4-15)8(13)14;;/h6,11,15H,1-5H2,(H2,10,12)(H,13,14);2*1H. The van der Waals surface area contributed by atoms with Crippen molar-refractivity contribution in [3.8, 4) is 0 Å². The van der Waals surface area contributed by atoms with Crippen LogP contribution in [0.25, 0.3) is 0 Å². The largest absolute Gasteiger partial charge is 0.480 e. The third-order valence-electron chi connectivity index (χ3n) is 1.70. The molecule has 0 radical (unpaired) electrons. The average molecular weight is 310 g/mol. The van der Waals surface area contributed by atoms with Crippen LogP contribution in [0.15, 0.2) is 0 Å². The van der Waals surface area contributed by atoms with Crippen LogP contribution in [-0.4, -0.2) is 48.5 Å². The predicted molar refractivity (Wildman–Crippen MR) is 74.1 cm³/mol. The highest BCUT2D eigenvalue weighted by atomic mass is 35.5. The summed E-state index contributed by atoms with van der Waals surface area (Å²) in [6.07, 6.45) is 0.430. The summed E-state index contributed by atoms with van der Waals surface area (Å²) in [5.74, 6) is -0.639. The number of hydrogen-bond acceptors (Lipinski definition) is 4. The fourth-order valence-electron chi connectivity index (χ4n) is 0.949. The lowest BCUT2D eigenvalue weighted by molar-refractivity contribution is -0.139. The van der Waals surface area contributed by atoms with Crippen LogP contribution in [0, 0.1) is 5.41 Å². The smallest absolute Gasteiger partial charge is 0.320 e. The summed E-state index contributed by atoms with van der Waals surface area (Å²) in [6, 6.07) is -0.635. The van der Waals surface area contributed by atoms with Crippen LogP contribution in [0.5, 0.6) is 0 Å². The van der Waals surface area contributed by atoms with Crippen molar-refractivity contribution in [1.82, 2.24) is 10.6 Å². The molecular weight excluding hydrogens is 292 g/mol. The van der Waals surface area contributed by atoms with Crippen molar-refractivity contribution >= 4 is 49.2 Å². The van der Waals surface area contributed by atoms with E-state index in [9.17, 15) is 9.18 Å². The number of nitrogens with one attached hydrogen (secondary N) is 3. The molecule has 0 aromatic rings. The number of carboxylic acid groups (broad SMARTS) is 1. The monoisotopic (exact) mass is 309 g/mol. The second kappa shape index (κ2) is 13.8. The van der Waals surface area contributed by atoms with E-state index < -0.39 is 18.7 Å². The number of carbonyl (C=O) groups is 1. The molecule has 0 fully saturated rings. The minimum absolute atomic E-state index is 0. The maximum Gasteiger partial charge on any atom is 0.320 e. The van der Waals surface area contributed by atoms with Crippen molar-refractivity contribution in [3.05, 3.63) is 0 Å². The first kappa shape index (κ1) is 22.0. The Kier molecular flexibility index (Phi) is 17.9. The molecule has 0 aliphatic heterocycles. The first-order valence-electron chi connectivity index (χ1n) is 4.56. The van der Waals surface area contributed by atoms with Gasteiger partial charge >= 0.3 is 5.97 Å². The zero-order valence-corrected chi connectivity index (χ0v) is 11.6.